The average molecular weight is 507 g/mol. The Bertz CT molecular complexity index is 1220. The van der Waals surface area contributed by atoms with Gasteiger partial charge in [-0.05, 0) is 50.3 Å². The Labute approximate surface area is 218 Å². The van der Waals surface area contributed by atoms with E-state index in [2.05, 4.69) is 25.8 Å². The summed E-state index contributed by atoms with van der Waals surface area (Å²) < 4.78 is 5.81. The monoisotopic (exact) mass is 506 g/mol. The summed E-state index contributed by atoms with van der Waals surface area (Å²) in [6.07, 6.45) is 1.93. The van der Waals surface area contributed by atoms with E-state index in [0.29, 0.717) is 31.1 Å². The van der Waals surface area contributed by atoms with Gasteiger partial charge < -0.3 is 35.5 Å². The van der Waals surface area contributed by atoms with Crippen molar-refractivity contribution >= 4 is 28.5 Å². The fourth-order valence-electron chi connectivity index (χ4n) is 4.79. The highest BCUT2D eigenvalue weighted by Crippen LogP contribution is 2.30. The highest BCUT2D eigenvalue weighted by Gasteiger charge is 2.32. The van der Waals surface area contributed by atoms with Crippen molar-refractivity contribution in [1.82, 2.24) is 25.4 Å². The highest BCUT2D eigenvalue weighted by atomic mass is 16.5. The van der Waals surface area contributed by atoms with Gasteiger partial charge in [0.2, 0.25) is 5.91 Å². The molecule has 2 atom stereocenters. The van der Waals surface area contributed by atoms with E-state index < -0.39 is 6.04 Å². The molecule has 1 aliphatic heterocycles. The first kappa shape index (κ1) is 26.5. The third-order valence-electron chi connectivity index (χ3n) is 6.68. The Hall–Kier alpha value is -3.56. The number of amides is 3. The molecule has 1 aliphatic rings. The molecule has 4 N–H and O–H groups in total. The molecule has 0 saturated carbocycles. The summed E-state index contributed by atoms with van der Waals surface area (Å²) in [5, 5.41) is 10.4. The zero-order chi connectivity index (χ0) is 26.4. The molecule has 4 rings (SSSR count). The Balaban J connectivity index is 1.64. The van der Waals surface area contributed by atoms with E-state index >= 15 is 0 Å². The summed E-state index contributed by atoms with van der Waals surface area (Å²) >= 11 is 0. The number of hydrogen-bond donors (Lipinski definition) is 4. The van der Waals surface area contributed by atoms with Crippen molar-refractivity contribution in [2.45, 2.75) is 32.4 Å². The normalized spacial score (nSPS) is 15.4. The van der Waals surface area contributed by atoms with Crippen LogP contribution in [0.3, 0.4) is 0 Å². The van der Waals surface area contributed by atoms with Crippen LogP contribution in [0, 0.1) is 0 Å². The number of nitrogens with one attached hydrogen (secondary N) is 4. The highest BCUT2D eigenvalue weighted by molar-refractivity contribution is 5.99. The minimum absolute atomic E-state index is 0.236. The summed E-state index contributed by atoms with van der Waals surface area (Å²) in [6, 6.07) is 12.8. The molecule has 3 aromatic rings. The van der Waals surface area contributed by atoms with Crippen LogP contribution in [0.25, 0.3) is 10.9 Å². The number of carbonyl (C=O) groups excluding carboxylic acids is 2. The number of urea groups is 1. The molecule has 2 heterocycles. The maximum atomic E-state index is 13.9. The van der Waals surface area contributed by atoms with Crippen molar-refractivity contribution in [3.8, 4) is 5.75 Å². The number of rotatable bonds is 9. The molecular formula is C28H38N6O3. The number of hydrogen-bond acceptors (Lipinski definition) is 5. The maximum Gasteiger partial charge on any atom is 0.318 e. The van der Waals surface area contributed by atoms with E-state index in [4.69, 9.17) is 4.74 Å². The summed E-state index contributed by atoms with van der Waals surface area (Å²) in [5.74, 6) is 0.0259. The fourth-order valence-corrected chi connectivity index (χ4v) is 4.79. The number of nitrogens with zero attached hydrogens (tertiary/aromatic N) is 2. The van der Waals surface area contributed by atoms with E-state index in [1.807, 2.05) is 76.6 Å². The van der Waals surface area contributed by atoms with Gasteiger partial charge in [-0.2, -0.15) is 0 Å². The number of H-pyrrole nitrogens is 1. The minimum Gasteiger partial charge on any atom is -0.492 e. The molecule has 0 aliphatic carbocycles. The first-order valence-electron chi connectivity index (χ1n) is 12.9. The van der Waals surface area contributed by atoms with Gasteiger partial charge in [-0.1, -0.05) is 31.2 Å². The van der Waals surface area contributed by atoms with Gasteiger partial charge in [0.15, 0.2) is 0 Å². The molecule has 9 heteroatoms. The molecular weight excluding hydrogens is 468 g/mol. The number of aromatic nitrogens is 1. The SMILES string of the molecule is CCOc1ccc(CN(C)C)cc1NC(=O)[C@H](NC(=O)N1CCNCC1)[C@@H](C)c1c[nH]c2ccccc12. The van der Waals surface area contributed by atoms with Crippen LogP contribution >= 0.6 is 0 Å². The molecule has 37 heavy (non-hydrogen) atoms. The molecule has 0 radical (unpaired) electrons. The molecule has 1 saturated heterocycles. The first-order valence-corrected chi connectivity index (χ1v) is 12.9. The Kier molecular flexibility index (Phi) is 8.68. The van der Waals surface area contributed by atoms with Gasteiger partial charge in [0.05, 0.1) is 12.3 Å². The van der Waals surface area contributed by atoms with Crippen molar-refractivity contribution in [3.63, 3.8) is 0 Å². The van der Waals surface area contributed by atoms with E-state index in [9.17, 15) is 9.59 Å². The van der Waals surface area contributed by atoms with Crippen LogP contribution in [-0.4, -0.2) is 79.6 Å². The van der Waals surface area contributed by atoms with Crippen LogP contribution in [0.1, 0.15) is 30.9 Å². The van der Waals surface area contributed by atoms with Crippen LogP contribution < -0.4 is 20.7 Å². The van der Waals surface area contributed by atoms with Crippen LogP contribution in [-0.2, 0) is 11.3 Å². The topological polar surface area (TPSA) is 102 Å². The molecule has 3 amide bonds. The van der Waals surface area contributed by atoms with Crippen LogP contribution in [0.2, 0.25) is 0 Å². The minimum atomic E-state index is -0.798. The van der Waals surface area contributed by atoms with Crippen molar-refractivity contribution in [1.29, 1.82) is 0 Å². The summed E-state index contributed by atoms with van der Waals surface area (Å²) in [4.78, 5) is 34.2. The number of para-hydroxylation sites is 1. The van der Waals surface area contributed by atoms with E-state index in [-0.39, 0.29) is 17.9 Å². The van der Waals surface area contributed by atoms with Crippen molar-refractivity contribution in [2.24, 2.45) is 0 Å². The van der Waals surface area contributed by atoms with Gasteiger partial charge in [-0.15, -0.1) is 0 Å². The number of fused-ring (bicyclic) bond motifs is 1. The van der Waals surface area contributed by atoms with Crippen molar-refractivity contribution in [2.75, 3.05) is 52.2 Å². The average Bonchev–Trinajstić information content (AvgIpc) is 3.33. The number of anilines is 1. The number of aromatic amines is 1. The smallest absolute Gasteiger partial charge is 0.318 e. The van der Waals surface area contributed by atoms with Crippen molar-refractivity contribution < 1.29 is 14.3 Å². The van der Waals surface area contributed by atoms with E-state index in [1.165, 1.54) is 0 Å². The fraction of sp³-hybridized carbons (Fsp3) is 0.429. The standard InChI is InChI=1S/C28H38N6O3/c1-5-37-25-11-10-20(18-33(3)4)16-24(25)31-27(35)26(32-28(36)34-14-12-29-13-15-34)19(2)22-17-30-23-9-7-6-8-21(22)23/h6-11,16-17,19,26,29-30H,5,12-15,18H2,1-4H3,(H,31,35)(H,32,36)/t19-,26+/m0/s1. The molecule has 198 valence electrons. The molecule has 9 nitrogen and oxygen atoms in total. The molecule has 1 fully saturated rings. The lowest BCUT2D eigenvalue weighted by Crippen LogP contribution is -2.55. The lowest BCUT2D eigenvalue weighted by Gasteiger charge is -2.31. The van der Waals surface area contributed by atoms with E-state index in [1.54, 1.807) is 4.90 Å². The molecule has 0 spiro atoms. The van der Waals surface area contributed by atoms with Crippen LogP contribution in [0.4, 0.5) is 10.5 Å². The number of carbonyl (C=O) groups is 2. The molecule has 0 bridgehead atoms. The number of benzene rings is 2. The Morgan fingerprint density at radius 1 is 1.14 bits per heavy atom. The number of piperazine rings is 1. The quantitative estimate of drug-likeness (QED) is 0.357. The van der Waals surface area contributed by atoms with E-state index in [0.717, 1.165) is 41.7 Å². The van der Waals surface area contributed by atoms with Gasteiger partial charge >= 0.3 is 6.03 Å². The van der Waals surface area contributed by atoms with Gasteiger partial charge in [0, 0.05) is 55.7 Å². The summed E-state index contributed by atoms with van der Waals surface area (Å²) in [5.41, 5.74) is 3.61. The van der Waals surface area contributed by atoms with Gasteiger partial charge in [-0.3, -0.25) is 4.79 Å². The van der Waals surface area contributed by atoms with Gasteiger partial charge in [-0.25, -0.2) is 4.79 Å². The largest absolute Gasteiger partial charge is 0.492 e. The van der Waals surface area contributed by atoms with Gasteiger partial charge in [0.25, 0.3) is 0 Å². The zero-order valence-electron chi connectivity index (χ0n) is 22.1. The predicted octanol–water partition coefficient (Wildman–Crippen LogP) is 3.35. The third kappa shape index (κ3) is 6.42. The summed E-state index contributed by atoms with van der Waals surface area (Å²) in [6.45, 7) is 7.76. The molecule has 2 aromatic carbocycles. The second-order valence-corrected chi connectivity index (χ2v) is 9.73. The molecule has 1 aromatic heterocycles. The van der Waals surface area contributed by atoms with Crippen LogP contribution in [0.15, 0.2) is 48.7 Å². The maximum absolute atomic E-state index is 13.9. The lowest BCUT2D eigenvalue weighted by atomic mass is 9.92. The van der Waals surface area contributed by atoms with Crippen LogP contribution in [0.5, 0.6) is 5.75 Å². The predicted molar refractivity (Wildman–Crippen MR) is 147 cm³/mol. The number of ether oxygens (including phenoxy) is 1. The third-order valence-corrected chi connectivity index (χ3v) is 6.68. The van der Waals surface area contributed by atoms with Gasteiger partial charge in [0.1, 0.15) is 11.8 Å². The zero-order valence-corrected chi connectivity index (χ0v) is 22.1. The lowest BCUT2D eigenvalue weighted by molar-refractivity contribution is -0.118. The second-order valence-electron chi connectivity index (χ2n) is 9.73. The second kappa shape index (κ2) is 12.1. The Morgan fingerprint density at radius 2 is 1.89 bits per heavy atom. The molecule has 0 unspecified atom stereocenters. The summed E-state index contributed by atoms with van der Waals surface area (Å²) in [7, 11) is 4.00. The first-order chi connectivity index (χ1) is 17.9. The Morgan fingerprint density at radius 3 is 2.62 bits per heavy atom. The van der Waals surface area contributed by atoms with Crippen molar-refractivity contribution in [3.05, 3.63) is 59.8 Å².